The summed E-state index contributed by atoms with van der Waals surface area (Å²) >= 11 is 4.54. The van der Waals surface area contributed by atoms with Crippen molar-refractivity contribution in [1.29, 1.82) is 0 Å². The maximum Gasteiger partial charge on any atom is 0.342 e. The fourth-order valence-electron chi connectivity index (χ4n) is 0.631. The lowest BCUT2D eigenvalue weighted by Crippen LogP contribution is -1.95. The van der Waals surface area contributed by atoms with Gasteiger partial charge >= 0.3 is 5.97 Å². The van der Waals surface area contributed by atoms with Crippen LogP contribution in [0.15, 0.2) is 20.9 Å². The van der Waals surface area contributed by atoms with E-state index in [-0.39, 0.29) is 0 Å². The van der Waals surface area contributed by atoms with Gasteiger partial charge in [-0.15, -0.1) is 0 Å². The summed E-state index contributed by atoms with van der Waals surface area (Å²) in [4.78, 5) is 10.9. The SMILES string of the molecule is C/C=C(\S/C(Br)=C\CCC)C(=O)O. The lowest BCUT2D eigenvalue weighted by Gasteiger charge is -1.99. The molecule has 0 aliphatic carbocycles. The summed E-state index contributed by atoms with van der Waals surface area (Å²) in [6.45, 7) is 3.80. The van der Waals surface area contributed by atoms with Crippen LogP contribution in [0.3, 0.4) is 0 Å². The van der Waals surface area contributed by atoms with Gasteiger partial charge in [0, 0.05) is 0 Å². The maximum absolute atomic E-state index is 10.6. The van der Waals surface area contributed by atoms with Crippen molar-refractivity contribution in [2.24, 2.45) is 0 Å². The second kappa shape index (κ2) is 7.21. The van der Waals surface area contributed by atoms with Crippen LogP contribution in [0.4, 0.5) is 0 Å². The molecular formula is C9H13BrO2S. The van der Waals surface area contributed by atoms with Crippen LogP contribution in [-0.2, 0) is 4.79 Å². The topological polar surface area (TPSA) is 37.3 Å². The fourth-order valence-corrected chi connectivity index (χ4v) is 2.00. The first-order valence-electron chi connectivity index (χ1n) is 4.05. The van der Waals surface area contributed by atoms with Crippen molar-refractivity contribution in [2.75, 3.05) is 0 Å². The van der Waals surface area contributed by atoms with Gasteiger partial charge in [-0.2, -0.15) is 0 Å². The molecule has 0 aliphatic heterocycles. The van der Waals surface area contributed by atoms with E-state index < -0.39 is 5.97 Å². The molecule has 0 atom stereocenters. The zero-order chi connectivity index (χ0) is 10.3. The number of hydrogen-bond acceptors (Lipinski definition) is 2. The van der Waals surface area contributed by atoms with Crippen LogP contribution in [0.5, 0.6) is 0 Å². The number of allylic oxidation sites excluding steroid dienone is 2. The summed E-state index contributed by atoms with van der Waals surface area (Å²) in [6, 6.07) is 0. The van der Waals surface area contributed by atoms with E-state index in [9.17, 15) is 4.79 Å². The first-order chi connectivity index (χ1) is 6.11. The molecule has 0 heterocycles. The molecule has 0 unspecified atom stereocenters. The number of halogens is 1. The second-order valence-corrected chi connectivity index (χ2v) is 4.82. The molecule has 2 nitrogen and oxygen atoms in total. The van der Waals surface area contributed by atoms with E-state index in [0.29, 0.717) is 4.91 Å². The number of thioether (sulfide) groups is 1. The zero-order valence-electron chi connectivity index (χ0n) is 7.71. The summed E-state index contributed by atoms with van der Waals surface area (Å²) in [5, 5.41) is 8.71. The molecule has 0 aromatic heterocycles. The Kier molecular flexibility index (Phi) is 7.09. The summed E-state index contributed by atoms with van der Waals surface area (Å²) in [5.41, 5.74) is 0. The first kappa shape index (κ1) is 12.8. The minimum Gasteiger partial charge on any atom is -0.477 e. The molecule has 0 bridgehead atoms. The van der Waals surface area contributed by atoms with E-state index in [1.807, 2.05) is 6.08 Å². The molecule has 0 aliphatic rings. The number of hydrogen-bond donors (Lipinski definition) is 1. The van der Waals surface area contributed by atoms with E-state index in [4.69, 9.17) is 5.11 Å². The number of carboxylic acids is 1. The normalized spacial score (nSPS) is 13.2. The van der Waals surface area contributed by atoms with Gasteiger partial charge in [0.2, 0.25) is 0 Å². The summed E-state index contributed by atoms with van der Waals surface area (Å²) in [5.74, 6) is -0.880. The van der Waals surface area contributed by atoms with E-state index in [1.165, 1.54) is 11.8 Å². The number of carboxylic acid groups (broad SMARTS) is 1. The lowest BCUT2D eigenvalue weighted by molar-refractivity contribution is -0.131. The summed E-state index contributed by atoms with van der Waals surface area (Å²) < 4.78 is 0.866. The van der Waals surface area contributed by atoms with Crippen molar-refractivity contribution >= 4 is 33.7 Å². The molecule has 0 saturated carbocycles. The van der Waals surface area contributed by atoms with Crippen molar-refractivity contribution in [3.8, 4) is 0 Å². The number of aliphatic carboxylic acids is 1. The molecule has 0 aromatic rings. The Morgan fingerprint density at radius 2 is 2.23 bits per heavy atom. The molecule has 0 spiro atoms. The van der Waals surface area contributed by atoms with Crippen LogP contribution in [-0.4, -0.2) is 11.1 Å². The highest BCUT2D eigenvalue weighted by Gasteiger charge is 2.07. The predicted octanol–water partition coefficient (Wildman–Crippen LogP) is 3.74. The lowest BCUT2D eigenvalue weighted by atomic mass is 10.3. The molecule has 0 radical (unpaired) electrons. The van der Waals surface area contributed by atoms with Gasteiger partial charge in [0.1, 0.15) is 0 Å². The van der Waals surface area contributed by atoms with Gasteiger partial charge in [0.15, 0.2) is 0 Å². The van der Waals surface area contributed by atoms with Crippen LogP contribution >= 0.6 is 27.7 Å². The smallest absolute Gasteiger partial charge is 0.342 e. The number of carbonyl (C=O) groups is 1. The average molecular weight is 265 g/mol. The van der Waals surface area contributed by atoms with Crippen molar-refractivity contribution in [2.45, 2.75) is 26.7 Å². The van der Waals surface area contributed by atoms with Crippen LogP contribution in [0.2, 0.25) is 0 Å². The molecule has 0 rings (SSSR count). The quantitative estimate of drug-likeness (QED) is 0.769. The van der Waals surface area contributed by atoms with Crippen LogP contribution in [0.1, 0.15) is 26.7 Å². The van der Waals surface area contributed by atoms with Gasteiger partial charge in [0.05, 0.1) is 8.72 Å². The molecule has 0 saturated heterocycles. The molecule has 13 heavy (non-hydrogen) atoms. The fraction of sp³-hybridized carbons (Fsp3) is 0.444. The standard InChI is InChI=1S/C9H13BrO2S/c1-3-5-6-8(10)13-7(4-2)9(11)12/h4,6H,3,5H2,1-2H3,(H,11,12)/b7-4-,8-6-. The minimum absolute atomic E-state index is 0.347. The van der Waals surface area contributed by atoms with Gasteiger partial charge in [-0.1, -0.05) is 37.3 Å². The molecular weight excluding hydrogens is 252 g/mol. The highest BCUT2D eigenvalue weighted by atomic mass is 79.9. The van der Waals surface area contributed by atoms with Gasteiger partial charge in [0.25, 0.3) is 0 Å². The van der Waals surface area contributed by atoms with Crippen LogP contribution in [0.25, 0.3) is 0 Å². The third-order valence-electron chi connectivity index (χ3n) is 1.27. The van der Waals surface area contributed by atoms with Crippen LogP contribution < -0.4 is 0 Å². The maximum atomic E-state index is 10.6. The highest BCUT2D eigenvalue weighted by molar-refractivity contribution is 9.14. The number of rotatable bonds is 5. The molecule has 0 aromatic carbocycles. The Balaban J connectivity index is 4.18. The van der Waals surface area contributed by atoms with Crippen molar-refractivity contribution in [1.82, 2.24) is 0 Å². The molecule has 0 fully saturated rings. The predicted molar refractivity (Wildman–Crippen MR) is 60.9 cm³/mol. The monoisotopic (exact) mass is 264 g/mol. The second-order valence-electron chi connectivity index (χ2n) is 2.36. The van der Waals surface area contributed by atoms with Gasteiger partial charge in [-0.05, 0) is 29.3 Å². The Labute approximate surface area is 91.2 Å². The van der Waals surface area contributed by atoms with Crippen molar-refractivity contribution in [3.05, 3.63) is 20.9 Å². The van der Waals surface area contributed by atoms with Crippen molar-refractivity contribution < 1.29 is 9.90 Å². The largest absolute Gasteiger partial charge is 0.477 e. The first-order valence-corrected chi connectivity index (χ1v) is 5.65. The average Bonchev–Trinajstić information content (AvgIpc) is 2.10. The van der Waals surface area contributed by atoms with Crippen LogP contribution in [0, 0.1) is 0 Å². The molecule has 74 valence electrons. The van der Waals surface area contributed by atoms with E-state index in [2.05, 4.69) is 22.9 Å². The molecule has 4 heteroatoms. The Morgan fingerprint density at radius 3 is 2.62 bits per heavy atom. The van der Waals surface area contributed by atoms with Crippen molar-refractivity contribution in [3.63, 3.8) is 0 Å². The Bertz CT molecular complexity index is 234. The zero-order valence-corrected chi connectivity index (χ0v) is 10.1. The Morgan fingerprint density at radius 1 is 1.62 bits per heavy atom. The summed E-state index contributed by atoms with van der Waals surface area (Å²) in [7, 11) is 0. The minimum atomic E-state index is -0.880. The van der Waals surface area contributed by atoms with Gasteiger partial charge in [-0.25, -0.2) is 4.79 Å². The third-order valence-corrected chi connectivity index (χ3v) is 3.08. The Hall–Kier alpha value is -0.220. The third kappa shape index (κ3) is 5.93. The molecule has 0 amide bonds. The van der Waals surface area contributed by atoms with E-state index in [0.717, 1.165) is 16.7 Å². The highest BCUT2D eigenvalue weighted by Crippen LogP contribution is 2.30. The number of unbranched alkanes of at least 4 members (excludes halogenated alkanes) is 1. The summed E-state index contributed by atoms with van der Waals surface area (Å²) in [6.07, 6.45) is 5.60. The van der Waals surface area contributed by atoms with Gasteiger partial charge in [-0.3, -0.25) is 0 Å². The van der Waals surface area contributed by atoms with Gasteiger partial charge < -0.3 is 5.11 Å². The van der Waals surface area contributed by atoms with E-state index >= 15 is 0 Å². The molecule has 1 N–H and O–H groups in total. The van der Waals surface area contributed by atoms with E-state index in [1.54, 1.807) is 13.0 Å².